The minimum atomic E-state index is -3.45. The molecular weight excluding hydrogens is 288 g/mol. The van der Waals surface area contributed by atoms with Crippen molar-refractivity contribution < 1.29 is 13.5 Å². The summed E-state index contributed by atoms with van der Waals surface area (Å²) in [5, 5.41) is 9.35. The molecule has 0 radical (unpaired) electrons. The van der Waals surface area contributed by atoms with Gasteiger partial charge in [-0.05, 0) is 32.3 Å². The minimum absolute atomic E-state index is 0.122. The van der Waals surface area contributed by atoms with Crippen molar-refractivity contribution in [1.29, 1.82) is 0 Å². The molecule has 1 fully saturated rings. The van der Waals surface area contributed by atoms with Gasteiger partial charge in [0.25, 0.3) is 0 Å². The molecule has 120 valence electrons. The Kier molecular flexibility index (Phi) is 5.46. The second kappa shape index (κ2) is 6.94. The molecule has 21 heavy (non-hydrogen) atoms. The number of hydrogen-bond acceptors (Lipinski definition) is 3. The molecule has 1 aliphatic rings. The maximum Gasteiger partial charge on any atom is 0.244 e. The molecule has 2 rings (SSSR count). The number of sulfonamides is 1. The number of piperidine rings is 1. The number of aryl methyl sites for hydroxylation is 1. The van der Waals surface area contributed by atoms with Crippen molar-refractivity contribution >= 4 is 10.0 Å². The summed E-state index contributed by atoms with van der Waals surface area (Å²) < 4.78 is 29.3. The Balaban J connectivity index is 2.33. The van der Waals surface area contributed by atoms with Crippen LogP contribution in [-0.2, 0) is 23.2 Å². The zero-order valence-electron chi connectivity index (χ0n) is 13.0. The Hall–Kier alpha value is -0.850. The molecule has 1 aliphatic heterocycles. The molecule has 0 bridgehead atoms. The summed E-state index contributed by atoms with van der Waals surface area (Å²) >= 11 is 0. The quantitative estimate of drug-likeness (QED) is 0.876. The molecule has 1 aromatic rings. The Labute approximate surface area is 127 Å². The van der Waals surface area contributed by atoms with E-state index in [0.29, 0.717) is 23.7 Å². The number of aromatic nitrogens is 1. The van der Waals surface area contributed by atoms with Crippen molar-refractivity contribution in [3.05, 3.63) is 18.0 Å². The van der Waals surface area contributed by atoms with Gasteiger partial charge in [-0.25, -0.2) is 8.42 Å². The van der Waals surface area contributed by atoms with Crippen LogP contribution in [-0.4, -0.2) is 35.0 Å². The van der Waals surface area contributed by atoms with Gasteiger partial charge in [-0.1, -0.05) is 19.8 Å². The highest BCUT2D eigenvalue weighted by atomic mass is 32.2. The van der Waals surface area contributed by atoms with Gasteiger partial charge >= 0.3 is 0 Å². The molecule has 1 saturated heterocycles. The van der Waals surface area contributed by atoms with E-state index in [1.54, 1.807) is 21.1 Å². The maximum absolute atomic E-state index is 12.9. The molecule has 1 aromatic heterocycles. The van der Waals surface area contributed by atoms with Gasteiger partial charge in [-0.15, -0.1) is 0 Å². The fourth-order valence-corrected chi connectivity index (χ4v) is 4.93. The fourth-order valence-electron chi connectivity index (χ4n) is 3.14. The van der Waals surface area contributed by atoms with Crippen LogP contribution in [0.25, 0.3) is 0 Å². The highest BCUT2D eigenvalue weighted by Gasteiger charge is 2.33. The van der Waals surface area contributed by atoms with Gasteiger partial charge in [0.05, 0.1) is 6.61 Å². The molecule has 1 atom stereocenters. The van der Waals surface area contributed by atoms with E-state index < -0.39 is 10.0 Å². The first-order valence-electron chi connectivity index (χ1n) is 7.86. The van der Waals surface area contributed by atoms with Gasteiger partial charge < -0.3 is 9.67 Å². The minimum Gasteiger partial charge on any atom is -0.390 e. The van der Waals surface area contributed by atoms with Gasteiger partial charge in [0, 0.05) is 31.0 Å². The summed E-state index contributed by atoms with van der Waals surface area (Å²) in [6.45, 7) is 5.16. The summed E-state index contributed by atoms with van der Waals surface area (Å²) in [6.07, 6.45) is 6.55. The third-order valence-corrected chi connectivity index (χ3v) is 6.18. The predicted molar refractivity (Wildman–Crippen MR) is 82.5 cm³/mol. The molecule has 0 spiro atoms. The van der Waals surface area contributed by atoms with Crippen LogP contribution in [0.15, 0.2) is 17.2 Å². The summed E-state index contributed by atoms with van der Waals surface area (Å²) in [5.41, 5.74) is 0.653. The lowest BCUT2D eigenvalue weighted by atomic mass is 10.0. The van der Waals surface area contributed by atoms with E-state index >= 15 is 0 Å². The predicted octanol–water partition coefficient (Wildman–Crippen LogP) is 2.34. The normalized spacial score (nSPS) is 20.8. The number of aliphatic hydroxyl groups excluding tert-OH is 1. The standard InChI is InChI=1S/C15H26N2O3S/c1-3-7-13-8-5-6-9-17(13)21(19,20)15-10-14(12-18)16(4-2)11-15/h10-11,13,18H,3-9,12H2,1-2H3. The molecule has 0 saturated carbocycles. The maximum atomic E-state index is 12.9. The van der Waals surface area contributed by atoms with Crippen molar-refractivity contribution in [3.63, 3.8) is 0 Å². The van der Waals surface area contributed by atoms with Gasteiger partial charge in [-0.3, -0.25) is 0 Å². The molecular formula is C15H26N2O3S. The van der Waals surface area contributed by atoms with Crippen LogP contribution in [0.2, 0.25) is 0 Å². The zero-order valence-corrected chi connectivity index (χ0v) is 13.8. The summed E-state index contributed by atoms with van der Waals surface area (Å²) in [4.78, 5) is 0.316. The van der Waals surface area contributed by atoms with Crippen LogP contribution in [0.3, 0.4) is 0 Å². The molecule has 0 aromatic carbocycles. The van der Waals surface area contributed by atoms with Gasteiger partial charge in [0.2, 0.25) is 10.0 Å². The molecule has 0 aliphatic carbocycles. The first-order valence-corrected chi connectivity index (χ1v) is 9.30. The molecule has 1 unspecified atom stereocenters. The van der Waals surface area contributed by atoms with Crippen LogP contribution >= 0.6 is 0 Å². The van der Waals surface area contributed by atoms with Crippen molar-refractivity contribution in [2.45, 2.75) is 70.0 Å². The summed E-state index contributed by atoms with van der Waals surface area (Å²) in [5.74, 6) is 0. The molecule has 6 heteroatoms. The van der Waals surface area contributed by atoms with Crippen LogP contribution in [0, 0.1) is 0 Å². The Bertz CT molecular complexity index is 542. The lowest BCUT2D eigenvalue weighted by molar-refractivity contribution is 0.239. The Morgan fingerprint density at radius 1 is 1.33 bits per heavy atom. The highest BCUT2D eigenvalue weighted by Crippen LogP contribution is 2.28. The van der Waals surface area contributed by atoms with Crippen LogP contribution in [0.1, 0.15) is 51.6 Å². The van der Waals surface area contributed by atoms with E-state index in [0.717, 1.165) is 32.1 Å². The van der Waals surface area contributed by atoms with E-state index in [-0.39, 0.29) is 12.6 Å². The third kappa shape index (κ3) is 3.33. The van der Waals surface area contributed by atoms with Crippen LogP contribution in [0.4, 0.5) is 0 Å². The Morgan fingerprint density at radius 3 is 2.67 bits per heavy atom. The zero-order chi connectivity index (χ0) is 15.5. The second-order valence-electron chi connectivity index (χ2n) is 5.67. The number of nitrogens with zero attached hydrogens (tertiary/aromatic N) is 2. The average molecular weight is 314 g/mol. The van der Waals surface area contributed by atoms with E-state index in [1.165, 1.54) is 0 Å². The lowest BCUT2D eigenvalue weighted by Crippen LogP contribution is -2.43. The molecule has 0 amide bonds. The van der Waals surface area contributed by atoms with Gasteiger partial charge in [0.15, 0.2) is 0 Å². The van der Waals surface area contributed by atoms with Gasteiger partial charge in [-0.2, -0.15) is 4.31 Å². The van der Waals surface area contributed by atoms with Crippen molar-refractivity contribution in [2.24, 2.45) is 0 Å². The van der Waals surface area contributed by atoms with E-state index in [9.17, 15) is 13.5 Å². The SMILES string of the molecule is CCCC1CCCCN1S(=O)(=O)c1cc(CO)n(CC)c1. The topological polar surface area (TPSA) is 62.5 Å². The van der Waals surface area contributed by atoms with Crippen LogP contribution in [0.5, 0.6) is 0 Å². The monoisotopic (exact) mass is 314 g/mol. The smallest absolute Gasteiger partial charge is 0.244 e. The van der Waals surface area contributed by atoms with Gasteiger partial charge in [0.1, 0.15) is 4.90 Å². The highest BCUT2D eigenvalue weighted by molar-refractivity contribution is 7.89. The molecule has 1 N–H and O–H groups in total. The number of hydrogen-bond donors (Lipinski definition) is 1. The summed E-state index contributed by atoms with van der Waals surface area (Å²) in [7, 11) is -3.45. The molecule has 2 heterocycles. The number of rotatable bonds is 6. The van der Waals surface area contributed by atoms with Crippen molar-refractivity contribution in [1.82, 2.24) is 8.87 Å². The van der Waals surface area contributed by atoms with E-state index in [2.05, 4.69) is 6.92 Å². The fraction of sp³-hybridized carbons (Fsp3) is 0.733. The molecule has 5 nitrogen and oxygen atoms in total. The van der Waals surface area contributed by atoms with E-state index in [1.807, 2.05) is 6.92 Å². The first-order chi connectivity index (χ1) is 10.0. The number of aliphatic hydroxyl groups is 1. The Morgan fingerprint density at radius 2 is 2.10 bits per heavy atom. The second-order valence-corrected chi connectivity index (χ2v) is 7.56. The summed E-state index contributed by atoms with van der Waals surface area (Å²) in [6, 6.07) is 1.73. The lowest BCUT2D eigenvalue weighted by Gasteiger charge is -2.34. The van der Waals surface area contributed by atoms with Crippen molar-refractivity contribution in [2.75, 3.05) is 6.54 Å². The first kappa shape index (κ1) is 16.5. The van der Waals surface area contributed by atoms with Crippen LogP contribution < -0.4 is 0 Å². The largest absolute Gasteiger partial charge is 0.390 e. The van der Waals surface area contributed by atoms with Crippen molar-refractivity contribution in [3.8, 4) is 0 Å². The van der Waals surface area contributed by atoms with E-state index in [4.69, 9.17) is 0 Å². The average Bonchev–Trinajstić information content (AvgIpc) is 2.92. The third-order valence-electron chi connectivity index (χ3n) is 4.27.